The molecule has 2 aliphatic rings. The van der Waals surface area contributed by atoms with Gasteiger partial charge in [0.2, 0.25) is 5.91 Å². The van der Waals surface area contributed by atoms with E-state index in [2.05, 4.69) is 68.1 Å². The van der Waals surface area contributed by atoms with Crippen LogP contribution in [0.25, 0.3) is 11.0 Å². The summed E-state index contributed by atoms with van der Waals surface area (Å²) < 4.78 is 0. The summed E-state index contributed by atoms with van der Waals surface area (Å²) in [6.45, 7) is 8.75. The van der Waals surface area contributed by atoms with Gasteiger partial charge in [-0.2, -0.15) is 0 Å². The third-order valence-electron chi connectivity index (χ3n) is 7.22. The first-order valence-electron chi connectivity index (χ1n) is 11.9. The Kier molecular flexibility index (Phi) is 6.12. The molecule has 4 heterocycles. The molecule has 5 rings (SSSR count). The van der Waals surface area contributed by atoms with Crippen molar-refractivity contribution in [1.82, 2.24) is 19.8 Å². The number of fused-ring (bicyclic) bond motifs is 1. The molecule has 2 aliphatic heterocycles. The van der Waals surface area contributed by atoms with Crippen LogP contribution < -0.4 is 4.90 Å². The molecule has 3 aromatic rings. The highest BCUT2D eigenvalue weighted by atomic mass is 16.2. The van der Waals surface area contributed by atoms with Crippen molar-refractivity contribution < 1.29 is 4.79 Å². The molecule has 1 N–H and O–H groups in total. The number of nitrogens with zero attached hydrogens (tertiary/aromatic N) is 4. The van der Waals surface area contributed by atoms with Crippen LogP contribution in [0, 0.1) is 12.8 Å². The Labute approximate surface area is 190 Å². The molecule has 0 radical (unpaired) electrons. The zero-order chi connectivity index (χ0) is 21.9. The molecule has 0 saturated carbocycles. The van der Waals surface area contributed by atoms with Gasteiger partial charge in [0.05, 0.1) is 0 Å². The number of hydrogen-bond donors (Lipinski definition) is 1. The van der Waals surface area contributed by atoms with E-state index in [-0.39, 0.29) is 5.92 Å². The number of aromatic amines is 1. The molecule has 6 nitrogen and oxygen atoms in total. The molecule has 0 aliphatic carbocycles. The van der Waals surface area contributed by atoms with Gasteiger partial charge in [0.25, 0.3) is 0 Å². The van der Waals surface area contributed by atoms with Crippen LogP contribution in [0.3, 0.4) is 0 Å². The molecule has 0 bridgehead atoms. The van der Waals surface area contributed by atoms with E-state index < -0.39 is 0 Å². The first-order chi connectivity index (χ1) is 15.7. The average molecular weight is 432 g/mol. The van der Waals surface area contributed by atoms with E-state index in [1.807, 2.05) is 12.3 Å². The van der Waals surface area contributed by atoms with E-state index in [9.17, 15) is 4.79 Å². The van der Waals surface area contributed by atoms with Crippen molar-refractivity contribution in [3.63, 3.8) is 0 Å². The molecule has 0 atom stereocenters. The van der Waals surface area contributed by atoms with Crippen LogP contribution in [0.5, 0.6) is 0 Å². The summed E-state index contributed by atoms with van der Waals surface area (Å²) in [4.78, 5) is 27.8. The fourth-order valence-corrected chi connectivity index (χ4v) is 5.25. The lowest BCUT2D eigenvalue weighted by molar-refractivity contribution is -0.137. The molecule has 1 amide bonds. The number of H-pyrrole nitrogens is 1. The van der Waals surface area contributed by atoms with E-state index in [1.54, 1.807) is 0 Å². The number of nitrogens with one attached hydrogen (secondary N) is 1. The number of piperidine rings is 1. The van der Waals surface area contributed by atoms with Crippen molar-refractivity contribution in [3.05, 3.63) is 59.9 Å². The van der Waals surface area contributed by atoms with Gasteiger partial charge in [-0.3, -0.25) is 4.79 Å². The lowest BCUT2D eigenvalue weighted by atomic mass is 9.94. The van der Waals surface area contributed by atoms with Gasteiger partial charge < -0.3 is 19.7 Å². The Morgan fingerprint density at radius 2 is 1.81 bits per heavy atom. The number of aromatic nitrogens is 2. The Bertz CT molecular complexity index is 1060. The van der Waals surface area contributed by atoms with Crippen LogP contribution in [0.4, 0.5) is 5.69 Å². The van der Waals surface area contributed by atoms with Crippen molar-refractivity contribution in [2.75, 3.05) is 50.7 Å². The summed E-state index contributed by atoms with van der Waals surface area (Å²) in [6.07, 6.45) is 6.89. The highest BCUT2D eigenvalue weighted by molar-refractivity contribution is 5.80. The Hall–Kier alpha value is -2.86. The number of amides is 1. The minimum absolute atomic E-state index is 0.188. The van der Waals surface area contributed by atoms with E-state index in [0.717, 1.165) is 70.7 Å². The van der Waals surface area contributed by atoms with Crippen molar-refractivity contribution in [2.24, 2.45) is 5.92 Å². The van der Waals surface area contributed by atoms with E-state index in [0.29, 0.717) is 5.91 Å². The van der Waals surface area contributed by atoms with Gasteiger partial charge in [-0.05, 0) is 68.6 Å². The van der Waals surface area contributed by atoms with Crippen LogP contribution in [0.1, 0.15) is 24.0 Å². The van der Waals surface area contributed by atoms with Gasteiger partial charge >= 0.3 is 0 Å². The Morgan fingerprint density at radius 1 is 1.03 bits per heavy atom. The Balaban J connectivity index is 1.08. The summed E-state index contributed by atoms with van der Waals surface area (Å²) in [5.41, 5.74) is 4.91. The normalized spacial score (nSPS) is 18.4. The molecular weight excluding hydrogens is 398 g/mol. The van der Waals surface area contributed by atoms with E-state index in [1.165, 1.54) is 22.2 Å². The number of rotatable bonds is 5. The third kappa shape index (κ3) is 4.37. The number of benzene rings is 1. The van der Waals surface area contributed by atoms with Crippen LogP contribution in [0.2, 0.25) is 0 Å². The molecule has 2 aromatic heterocycles. The number of likely N-dealkylation sites (tertiary alicyclic amines) is 1. The summed E-state index contributed by atoms with van der Waals surface area (Å²) in [5.74, 6) is 0.560. The highest BCUT2D eigenvalue weighted by Gasteiger charge is 2.30. The van der Waals surface area contributed by atoms with Gasteiger partial charge in [-0.1, -0.05) is 18.2 Å². The number of hydrogen-bond acceptors (Lipinski definition) is 4. The fourth-order valence-electron chi connectivity index (χ4n) is 5.25. The standard InChI is InChI=1S/C26H33N5O/c1-20-5-2-3-7-24(20)30-15-17-31(18-16-30)26(32)21-8-12-29(13-9-21)14-10-22-19-28-25-23(22)6-4-11-27-25/h2-7,11,19,21H,8-10,12-18H2,1H3,(H,27,28). The molecule has 168 valence electrons. The van der Waals surface area contributed by atoms with Gasteiger partial charge in [0.15, 0.2) is 0 Å². The highest BCUT2D eigenvalue weighted by Crippen LogP contribution is 2.24. The molecule has 32 heavy (non-hydrogen) atoms. The van der Waals surface area contributed by atoms with Crippen LogP contribution in [-0.2, 0) is 11.2 Å². The molecular formula is C26H33N5O. The van der Waals surface area contributed by atoms with E-state index in [4.69, 9.17) is 0 Å². The summed E-state index contributed by atoms with van der Waals surface area (Å²) in [7, 11) is 0. The quantitative estimate of drug-likeness (QED) is 0.672. The van der Waals surface area contributed by atoms with Crippen molar-refractivity contribution in [2.45, 2.75) is 26.2 Å². The van der Waals surface area contributed by atoms with Crippen LogP contribution in [-0.4, -0.2) is 71.5 Å². The number of anilines is 1. The molecule has 2 fully saturated rings. The van der Waals surface area contributed by atoms with E-state index >= 15 is 0 Å². The minimum atomic E-state index is 0.188. The number of para-hydroxylation sites is 1. The lowest BCUT2D eigenvalue weighted by Gasteiger charge is -2.39. The van der Waals surface area contributed by atoms with Gasteiger partial charge in [0, 0.05) is 62.1 Å². The van der Waals surface area contributed by atoms with Crippen molar-refractivity contribution in [3.8, 4) is 0 Å². The monoisotopic (exact) mass is 431 g/mol. The van der Waals surface area contributed by atoms with Crippen molar-refractivity contribution >= 4 is 22.6 Å². The first kappa shape index (κ1) is 21.0. The predicted molar refractivity (Wildman–Crippen MR) is 129 cm³/mol. The maximum atomic E-state index is 13.1. The first-order valence-corrected chi connectivity index (χ1v) is 11.9. The second kappa shape index (κ2) is 9.33. The SMILES string of the molecule is Cc1ccccc1N1CCN(C(=O)C2CCN(CCc3c[nH]c4ncccc34)CC2)CC1. The zero-order valence-corrected chi connectivity index (χ0v) is 19.0. The Morgan fingerprint density at radius 3 is 2.59 bits per heavy atom. The second-order valence-electron chi connectivity index (χ2n) is 9.18. The largest absolute Gasteiger partial charge is 0.368 e. The van der Waals surface area contributed by atoms with Crippen molar-refractivity contribution in [1.29, 1.82) is 0 Å². The van der Waals surface area contributed by atoms with Gasteiger partial charge in [0.1, 0.15) is 5.65 Å². The maximum Gasteiger partial charge on any atom is 0.225 e. The van der Waals surface area contributed by atoms with Crippen LogP contribution >= 0.6 is 0 Å². The summed E-state index contributed by atoms with van der Waals surface area (Å²) in [5, 5.41) is 1.22. The number of pyridine rings is 1. The van der Waals surface area contributed by atoms with Gasteiger partial charge in [-0.25, -0.2) is 4.98 Å². The minimum Gasteiger partial charge on any atom is -0.368 e. The zero-order valence-electron chi connectivity index (χ0n) is 19.0. The number of carbonyl (C=O) groups is 1. The smallest absolute Gasteiger partial charge is 0.225 e. The predicted octanol–water partition coefficient (Wildman–Crippen LogP) is 3.47. The maximum absolute atomic E-state index is 13.1. The third-order valence-corrected chi connectivity index (χ3v) is 7.22. The molecule has 0 unspecified atom stereocenters. The molecule has 1 aromatic carbocycles. The number of piperazine rings is 1. The topological polar surface area (TPSA) is 55.5 Å². The molecule has 2 saturated heterocycles. The van der Waals surface area contributed by atoms with Crippen LogP contribution in [0.15, 0.2) is 48.8 Å². The van der Waals surface area contributed by atoms with Gasteiger partial charge in [-0.15, -0.1) is 0 Å². The fraction of sp³-hybridized carbons (Fsp3) is 0.462. The molecule has 6 heteroatoms. The summed E-state index contributed by atoms with van der Waals surface area (Å²) >= 11 is 0. The molecule has 0 spiro atoms. The second-order valence-corrected chi connectivity index (χ2v) is 9.18. The number of aryl methyl sites for hydroxylation is 1. The average Bonchev–Trinajstić information content (AvgIpc) is 3.26. The number of carbonyl (C=O) groups excluding carboxylic acids is 1. The lowest BCUT2D eigenvalue weighted by Crippen LogP contribution is -2.51. The summed E-state index contributed by atoms with van der Waals surface area (Å²) in [6, 6.07) is 12.7.